The van der Waals surface area contributed by atoms with Gasteiger partial charge in [-0.2, -0.15) is 0 Å². The van der Waals surface area contributed by atoms with Gasteiger partial charge in [0.25, 0.3) is 0 Å². The van der Waals surface area contributed by atoms with Crippen molar-refractivity contribution in [2.24, 2.45) is 0 Å². The molecule has 0 amide bonds. The number of thiophene rings is 1. The van der Waals surface area contributed by atoms with Gasteiger partial charge in [-0.15, -0.1) is 11.3 Å². The molecule has 5 nitrogen and oxygen atoms in total. The van der Waals surface area contributed by atoms with Crippen LogP contribution in [0.1, 0.15) is 31.1 Å². The topological polar surface area (TPSA) is 61.8 Å². The van der Waals surface area contributed by atoms with E-state index in [2.05, 4.69) is 0 Å². The van der Waals surface area contributed by atoms with Gasteiger partial charge in [0.15, 0.2) is 0 Å². The molecule has 2 heterocycles. The monoisotopic (exact) mass is 322 g/mol. The van der Waals surface area contributed by atoms with Crippen molar-refractivity contribution in [2.45, 2.75) is 26.2 Å². The van der Waals surface area contributed by atoms with E-state index >= 15 is 0 Å². The summed E-state index contributed by atoms with van der Waals surface area (Å²) in [6.45, 7) is 4.02. The van der Waals surface area contributed by atoms with Crippen molar-refractivity contribution in [2.75, 3.05) is 13.2 Å². The quantitative estimate of drug-likeness (QED) is 0.615. The van der Waals surface area contributed by atoms with E-state index in [4.69, 9.17) is 14.2 Å². The normalized spacial score (nSPS) is 19.3. The summed E-state index contributed by atoms with van der Waals surface area (Å²) >= 11 is 1.59. The summed E-state index contributed by atoms with van der Waals surface area (Å²) in [4.78, 5) is 24.6. The summed E-state index contributed by atoms with van der Waals surface area (Å²) in [5.74, 6) is -0.510. The molecule has 0 aromatic carbocycles. The summed E-state index contributed by atoms with van der Waals surface area (Å²) in [6, 6.07) is 3.93. The van der Waals surface area contributed by atoms with Gasteiger partial charge in [0.05, 0.1) is 19.3 Å². The van der Waals surface area contributed by atoms with Crippen molar-refractivity contribution in [3.05, 3.63) is 46.1 Å². The first-order valence-electron chi connectivity index (χ1n) is 7.11. The fraction of sp³-hybridized carbons (Fsp3) is 0.375. The van der Waals surface area contributed by atoms with Gasteiger partial charge in [0, 0.05) is 17.2 Å². The largest absolute Gasteiger partial charge is 0.463 e. The van der Waals surface area contributed by atoms with Gasteiger partial charge in [-0.1, -0.05) is 6.07 Å². The Morgan fingerprint density at radius 2 is 2.14 bits per heavy atom. The Bertz CT molecular complexity index is 586. The van der Waals surface area contributed by atoms with E-state index < -0.39 is 11.9 Å². The van der Waals surface area contributed by atoms with Crippen LogP contribution in [-0.4, -0.2) is 25.2 Å². The Morgan fingerprint density at radius 3 is 2.77 bits per heavy atom. The summed E-state index contributed by atoms with van der Waals surface area (Å²) in [7, 11) is 0. The fourth-order valence-corrected chi connectivity index (χ4v) is 2.87. The molecule has 0 radical (unpaired) electrons. The van der Waals surface area contributed by atoms with Crippen LogP contribution in [0, 0.1) is 0 Å². The maximum Gasteiger partial charge on any atom is 0.373 e. The van der Waals surface area contributed by atoms with Crippen molar-refractivity contribution < 1.29 is 23.8 Å². The molecule has 2 rings (SSSR count). The van der Waals surface area contributed by atoms with Crippen molar-refractivity contribution in [1.29, 1.82) is 0 Å². The highest BCUT2D eigenvalue weighted by atomic mass is 32.1. The minimum atomic E-state index is -0.529. The molecule has 1 aliphatic rings. The third kappa shape index (κ3) is 4.21. The Morgan fingerprint density at radius 1 is 1.36 bits per heavy atom. The summed E-state index contributed by atoms with van der Waals surface area (Å²) < 4.78 is 15.4. The van der Waals surface area contributed by atoms with Crippen LogP contribution in [0.3, 0.4) is 0 Å². The van der Waals surface area contributed by atoms with Gasteiger partial charge in [0.2, 0.25) is 5.76 Å². The van der Waals surface area contributed by atoms with E-state index in [0.29, 0.717) is 12.2 Å². The molecule has 6 heteroatoms. The lowest BCUT2D eigenvalue weighted by Crippen LogP contribution is -2.17. The molecule has 0 spiro atoms. The van der Waals surface area contributed by atoms with Crippen LogP contribution in [0.5, 0.6) is 0 Å². The first-order valence-corrected chi connectivity index (χ1v) is 7.99. The minimum absolute atomic E-state index is 0.0196. The number of esters is 2. The molecule has 118 valence electrons. The molecule has 0 fully saturated rings. The van der Waals surface area contributed by atoms with Gasteiger partial charge < -0.3 is 14.2 Å². The highest BCUT2D eigenvalue weighted by Gasteiger charge is 2.26. The average molecular weight is 322 g/mol. The van der Waals surface area contributed by atoms with Crippen LogP contribution in [0.15, 0.2) is 41.2 Å². The number of carbonyl (C=O) groups is 2. The van der Waals surface area contributed by atoms with Crippen LogP contribution in [-0.2, 0) is 23.8 Å². The average Bonchev–Trinajstić information content (AvgIpc) is 3.01. The number of allylic oxidation sites excluding steroid dienone is 2. The maximum absolute atomic E-state index is 11.9. The van der Waals surface area contributed by atoms with Gasteiger partial charge in [-0.05, 0) is 31.4 Å². The van der Waals surface area contributed by atoms with Crippen molar-refractivity contribution in [3.8, 4) is 0 Å². The van der Waals surface area contributed by atoms with E-state index in [1.165, 1.54) is 6.08 Å². The SMILES string of the molecule is CCOC(=O)/C=C1\CC(c2cccs2)C=C(C(=O)OCC)O1. The summed E-state index contributed by atoms with van der Waals surface area (Å²) in [5.41, 5.74) is 0. The van der Waals surface area contributed by atoms with Crippen LogP contribution >= 0.6 is 11.3 Å². The maximum atomic E-state index is 11.9. The van der Waals surface area contributed by atoms with Crippen LogP contribution in [0.25, 0.3) is 0 Å². The molecule has 1 atom stereocenters. The van der Waals surface area contributed by atoms with Crippen LogP contribution in [0.4, 0.5) is 0 Å². The zero-order chi connectivity index (χ0) is 15.9. The molecule has 0 aliphatic carbocycles. The van der Waals surface area contributed by atoms with Gasteiger partial charge in [-0.3, -0.25) is 0 Å². The molecule has 0 N–H and O–H groups in total. The molecular formula is C16H18O5S. The molecule has 1 aromatic rings. The molecule has 0 saturated carbocycles. The fourth-order valence-electron chi connectivity index (χ4n) is 2.08. The van der Waals surface area contributed by atoms with E-state index in [0.717, 1.165) is 4.88 Å². The Labute approximate surface area is 133 Å². The van der Waals surface area contributed by atoms with Crippen molar-refractivity contribution >= 4 is 23.3 Å². The number of hydrogen-bond donors (Lipinski definition) is 0. The second-order valence-electron chi connectivity index (χ2n) is 4.54. The molecular weight excluding hydrogens is 304 g/mol. The van der Waals surface area contributed by atoms with Crippen LogP contribution < -0.4 is 0 Å². The molecule has 1 aromatic heterocycles. The highest BCUT2D eigenvalue weighted by Crippen LogP contribution is 2.35. The first-order chi connectivity index (χ1) is 10.6. The van der Waals surface area contributed by atoms with Gasteiger partial charge >= 0.3 is 11.9 Å². The molecule has 0 saturated heterocycles. The summed E-state index contributed by atoms with van der Waals surface area (Å²) in [6.07, 6.45) is 3.53. The Hall–Kier alpha value is -2.08. The second kappa shape index (κ2) is 7.79. The zero-order valence-corrected chi connectivity index (χ0v) is 13.4. The zero-order valence-electron chi connectivity index (χ0n) is 12.5. The predicted octanol–water partition coefficient (Wildman–Crippen LogP) is 3.15. The third-order valence-corrected chi connectivity index (χ3v) is 3.97. The number of ether oxygens (including phenoxy) is 3. The summed E-state index contributed by atoms with van der Waals surface area (Å²) in [5, 5.41) is 1.97. The Balaban J connectivity index is 2.24. The number of rotatable bonds is 5. The smallest absolute Gasteiger partial charge is 0.373 e. The third-order valence-electron chi connectivity index (χ3n) is 2.97. The minimum Gasteiger partial charge on any atom is -0.463 e. The predicted molar refractivity (Wildman–Crippen MR) is 82.2 cm³/mol. The highest BCUT2D eigenvalue weighted by molar-refractivity contribution is 7.10. The lowest BCUT2D eigenvalue weighted by atomic mass is 9.98. The number of hydrogen-bond acceptors (Lipinski definition) is 6. The lowest BCUT2D eigenvalue weighted by molar-refractivity contribution is -0.142. The van der Waals surface area contributed by atoms with E-state index in [9.17, 15) is 9.59 Å². The van der Waals surface area contributed by atoms with Crippen molar-refractivity contribution in [1.82, 2.24) is 0 Å². The molecule has 1 unspecified atom stereocenters. The van der Waals surface area contributed by atoms with E-state index in [1.807, 2.05) is 17.5 Å². The van der Waals surface area contributed by atoms with Crippen molar-refractivity contribution in [3.63, 3.8) is 0 Å². The number of carbonyl (C=O) groups excluding carboxylic acids is 2. The molecule has 22 heavy (non-hydrogen) atoms. The van der Waals surface area contributed by atoms with Crippen LogP contribution in [0.2, 0.25) is 0 Å². The van der Waals surface area contributed by atoms with Gasteiger partial charge in [0.1, 0.15) is 5.76 Å². The van der Waals surface area contributed by atoms with E-state index in [1.54, 1.807) is 31.3 Å². The van der Waals surface area contributed by atoms with Gasteiger partial charge in [-0.25, -0.2) is 9.59 Å². The van der Waals surface area contributed by atoms with E-state index in [-0.39, 0.29) is 24.9 Å². The Kier molecular flexibility index (Phi) is 5.77. The second-order valence-corrected chi connectivity index (χ2v) is 5.52. The molecule has 1 aliphatic heterocycles. The molecule has 0 bridgehead atoms. The lowest BCUT2D eigenvalue weighted by Gasteiger charge is -2.22. The standard InChI is InChI=1S/C16H18O5S/c1-3-19-15(17)10-12-8-11(14-6-5-7-22-14)9-13(21-12)16(18)20-4-2/h5-7,9-11H,3-4,8H2,1-2H3/b12-10+. The first kappa shape index (κ1) is 16.3.